The Hall–Kier alpha value is -1.84. The lowest BCUT2D eigenvalue weighted by atomic mass is 10.00. The first-order valence-corrected chi connectivity index (χ1v) is 4.87. The van der Waals surface area contributed by atoms with Gasteiger partial charge in [-0.15, -0.1) is 0 Å². The van der Waals surface area contributed by atoms with Gasteiger partial charge in [-0.1, -0.05) is 25.3 Å². The fraction of sp³-hybridized carbons (Fsp3) is 0.333. The van der Waals surface area contributed by atoms with Crippen molar-refractivity contribution in [2.45, 2.75) is 19.8 Å². The molecule has 0 heterocycles. The van der Waals surface area contributed by atoms with Gasteiger partial charge in [0.25, 0.3) is 0 Å². The van der Waals surface area contributed by atoms with Crippen LogP contribution in [-0.2, 0) is 19.1 Å². The summed E-state index contributed by atoms with van der Waals surface area (Å²) in [5.74, 6) is -0.517. The maximum atomic E-state index is 10.8. The van der Waals surface area contributed by atoms with Crippen LogP contribution >= 0.6 is 0 Å². The van der Waals surface area contributed by atoms with Crippen molar-refractivity contribution in [1.82, 2.24) is 0 Å². The number of esters is 2. The quantitative estimate of drug-likeness (QED) is 0.417. The minimum absolute atomic E-state index is 0.189. The highest BCUT2D eigenvalue weighted by molar-refractivity contribution is 5.89. The topological polar surface area (TPSA) is 52.6 Å². The van der Waals surface area contributed by atoms with Crippen LogP contribution in [0.4, 0.5) is 0 Å². The fourth-order valence-corrected chi connectivity index (χ4v) is 0.819. The molecule has 0 atom stereocenters. The molecule has 0 saturated carbocycles. The third-order valence-electron chi connectivity index (χ3n) is 1.65. The van der Waals surface area contributed by atoms with E-state index in [-0.39, 0.29) is 11.9 Å². The molecule has 0 radical (unpaired) electrons. The van der Waals surface area contributed by atoms with Gasteiger partial charge in [0.05, 0.1) is 6.26 Å². The number of carbonyl (C=O) groups excluding carboxylic acids is 2. The lowest BCUT2D eigenvalue weighted by Gasteiger charge is -2.11. The van der Waals surface area contributed by atoms with Crippen LogP contribution < -0.4 is 0 Å². The zero-order valence-electron chi connectivity index (χ0n) is 9.40. The third kappa shape index (κ3) is 6.59. The Kier molecular flexibility index (Phi) is 7.49. The summed E-state index contributed by atoms with van der Waals surface area (Å²) in [4.78, 5) is 20.6. The lowest BCUT2D eigenvalue weighted by Crippen LogP contribution is -2.11. The van der Waals surface area contributed by atoms with Gasteiger partial charge in [0.1, 0.15) is 6.61 Å². The van der Waals surface area contributed by atoms with Crippen molar-refractivity contribution < 1.29 is 19.1 Å². The molecule has 0 aromatic rings. The van der Waals surface area contributed by atoms with Crippen LogP contribution in [0, 0.1) is 0 Å². The van der Waals surface area contributed by atoms with Gasteiger partial charge in [0.15, 0.2) is 0 Å². The smallest absolute Gasteiger partial charge is 0.333 e. The number of hydrogen-bond acceptors (Lipinski definition) is 4. The average Bonchev–Trinajstić information content (AvgIpc) is 2.12. The lowest BCUT2D eigenvalue weighted by molar-refractivity contribution is -0.138. The number of ether oxygens (including phenoxy) is 2. The summed E-state index contributed by atoms with van der Waals surface area (Å²) in [6.45, 7) is 8.23. The summed E-state index contributed by atoms with van der Waals surface area (Å²) in [7, 11) is 0. The van der Waals surface area contributed by atoms with E-state index in [0.717, 1.165) is 24.7 Å². The molecule has 0 aromatic carbocycles. The minimum Gasteiger partial charge on any atom is -0.458 e. The highest BCUT2D eigenvalue weighted by Gasteiger charge is 2.14. The number of rotatable bonds is 4. The van der Waals surface area contributed by atoms with Crippen molar-refractivity contribution in [3.63, 3.8) is 0 Å². The van der Waals surface area contributed by atoms with Crippen molar-refractivity contribution in [2.75, 3.05) is 6.61 Å². The van der Waals surface area contributed by atoms with Gasteiger partial charge < -0.3 is 9.47 Å². The van der Waals surface area contributed by atoms with Gasteiger partial charge in [0, 0.05) is 12.5 Å². The number of carbonyl (C=O) groups is 2. The van der Waals surface area contributed by atoms with E-state index >= 15 is 0 Å². The Balaban J connectivity index is 0.000000325. The molecule has 0 N–H and O–H groups in total. The Morgan fingerprint density at radius 3 is 2.38 bits per heavy atom. The highest BCUT2D eigenvalue weighted by atomic mass is 16.5. The number of hydrogen-bond donors (Lipinski definition) is 0. The monoisotopic (exact) mass is 224 g/mol. The molecule has 0 unspecified atom stereocenters. The molecule has 0 aliphatic heterocycles. The average molecular weight is 224 g/mol. The van der Waals surface area contributed by atoms with Crippen molar-refractivity contribution in [2.24, 2.45) is 0 Å². The van der Waals surface area contributed by atoms with E-state index in [1.54, 1.807) is 6.08 Å². The van der Waals surface area contributed by atoms with Crippen molar-refractivity contribution >= 4 is 11.9 Å². The molecular weight excluding hydrogens is 208 g/mol. The first kappa shape index (κ1) is 14.2. The Labute approximate surface area is 95.2 Å². The molecule has 4 nitrogen and oxygen atoms in total. The predicted molar refractivity (Wildman–Crippen MR) is 60.4 cm³/mol. The molecule has 1 aliphatic carbocycles. The second kappa shape index (κ2) is 8.47. The Morgan fingerprint density at radius 1 is 1.50 bits per heavy atom. The van der Waals surface area contributed by atoms with Crippen LogP contribution in [0.1, 0.15) is 19.8 Å². The molecule has 0 amide bonds. The number of allylic oxidation sites excluding steroid dienone is 1. The third-order valence-corrected chi connectivity index (χ3v) is 1.65. The van der Waals surface area contributed by atoms with E-state index in [4.69, 9.17) is 4.74 Å². The zero-order chi connectivity index (χ0) is 12.4. The first-order chi connectivity index (χ1) is 7.61. The van der Waals surface area contributed by atoms with Crippen molar-refractivity contribution in [3.05, 3.63) is 37.1 Å². The second-order valence-corrected chi connectivity index (χ2v) is 2.93. The summed E-state index contributed by atoms with van der Waals surface area (Å²) in [6.07, 6.45) is 6.44. The largest absolute Gasteiger partial charge is 0.458 e. The maximum absolute atomic E-state index is 10.8. The van der Waals surface area contributed by atoms with E-state index in [0.29, 0.717) is 6.61 Å². The van der Waals surface area contributed by atoms with Crippen LogP contribution in [0.25, 0.3) is 0 Å². The molecule has 0 spiro atoms. The standard InChI is InChI=1S/C8H10O2.C4H6O2/c1-2-6-10-8(9)7-4-3-5-7;1-3-6-4(2)5/h2,4H,1,3,5-6H2;3H,1H2,2H3. The molecule has 16 heavy (non-hydrogen) atoms. The second-order valence-electron chi connectivity index (χ2n) is 2.93. The molecular formula is C12H16O4. The van der Waals surface area contributed by atoms with Crippen LogP contribution in [-0.4, -0.2) is 18.5 Å². The fourth-order valence-electron chi connectivity index (χ4n) is 0.819. The molecule has 88 valence electrons. The van der Waals surface area contributed by atoms with Gasteiger partial charge in [-0.25, -0.2) is 4.79 Å². The highest BCUT2D eigenvalue weighted by Crippen LogP contribution is 2.18. The van der Waals surface area contributed by atoms with Crippen LogP contribution in [0.15, 0.2) is 37.1 Å². The van der Waals surface area contributed by atoms with E-state index in [2.05, 4.69) is 17.9 Å². The molecule has 0 fully saturated rings. The van der Waals surface area contributed by atoms with E-state index < -0.39 is 0 Å². The van der Waals surface area contributed by atoms with Crippen molar-refractivity contribution in [1.29, 1.82) is 0 Å². The molecule has 0 saturated heterocycles. The molecule has 0 bridgehead atoms. The molecule has 0 aromatic heterocycles. The van der Waals surface area contributed by atoms with Crippen LogP contribution in [0.3, 0.4) is 0 Å². The van der Waals surface area contributed by atoms with Gasteiger partial charge in [-0.05, 0) is 12.8 Å². The Bertz CT molecular complexity index is 302. The van der Waals surface area contributed by atoms with Gasteiger partial charge in [-0.2, -0.15) is 0 Å². The van der Waals surface area contributed by atoms with Crippen molar-refractivity contribution in [3.8, 4) is 0 Å². The van der Waals surface area contributed by atoms with Crippen LogP contribution in [0.2, 0.25) is 0 Å². The maximum Gasteiger partial charge on any atom is 0.333 e. The summed E-state index contributed by atoms with van der Waals surface area (Å²) in [5, 5.41) is 0. The van der Waals surface area contributed by atoms with Gasteiger partial charge >= 0.3 is 11.9 Å². The zero-order valence-corrected chi connectivity index (χ0v) is 9.40. The first-order valence-electron chi connectivity index (χ1n) is 4.87. The van der Waals surface area contributed by atoms with E-state index in [9.17, 15) is 9.59 Å². The summed E-state index contributed by atoms with van der Waals surface area (Å²) >= 11 is 0. The summed E-state index contributed by atoms with van der Waals surface area (Å²) in [6, 6.07) is 0. The predicted octanol–water partition coefficient (Wildman–Crippen LogP) is 2.13. The van der Waals surface area contributed by atoms with Crippen LogP contribution in [0.5, 0.6) is 0 Å². The van der Waals surface area contributed by atoms with Gasteiger partial charge in [-0.3, -0.25) is 4.79 Å². The summed E-state index contributed by atoms with van der Waals surface area (Å²) < 4.78 is 8.94. The Morgan fingerprint density at radius 2 is 2.12 bits per heavy atom. The molecule has 1 rings (SSSR count). The van der Waals surface area contributed by atoms with Gasteiger partial charge in [0.2, 0.25) is 0 Å². The molecule has 4 heteroatoms. The summed E-state index contributed by atoms with van der Waals surface area (Å²) in [5.41, 5.74) is 0.807. The SMILES string of the molecule is C=CCOC(=O)C1=CCC1.C=COC(C)=O. The van der Waals surface area contributed by atoms with E-state index in [1.807, 2.05) is 6.08 Å². The molecule has 1 aliphatic rings. The minimum atomic E-state index is -0.329. The van der Waals surface area contributed by atoms with E-state index in [1.165, 1.54) is 6.92 Å². The normalized spacial score (nSPS) is 11.9.